The average molecular weight is 374 g/mol. The lowest BCUT2D eigenvalue weighted by molar-refractivity contribution is 0.103. The summed E-state index contributed by atoms with van der Waals surface area (Å²) in [6, 6.07) is 10.0. The molecule has 0 aliphatic heterocycles. The number of benzene rings is 2. The lowest BCUT2D eigenvalue weighted by Crippen LogP contribution is -2.03. The Labute approximate surface area is 135 Å². The first kappa shape index (κ1) is 15.4. The van der Waals surface area contributed by atoms with Gasteiger partial charge in [-0.15, -0.1) is 0 Å². The Hall–Kier alpha value is -1.03. The summed E-state index contributed by atoms with van der Waals surface area (Å²) in [5.74, 6) is 0.543. The molecule has 2 rings (SSSR count). The Morgan fingerprint density at radius 2 is 1.95 bits per heavy atom. The van der Waals surface area contributed by atoms with E-state index in [9.17, 15) is 4.79 Å². The van der Waals surface area contributed by atoms with E-state index in [1.807, 2.05) is 6.92 Å². The molecule has 2 aromatic carbocycles. The number of ketones is 1. The second-order valence-electron chi connectivity index (χ2n) is 4.03. The van der Waals surface area contributed by atoms with E-state index >= 15 is 0 Å². The number of halogens is 3. The van der Waals surface area contributed by atoms with Gasteiger partial charge in [-0.1, -0.05) is 23.2 Å². The van der Waals surface area contributed by atoms with Gasteiger partial charge < -0.3 is 4.74 Å². The molecule has 0 spiro atoms. The summed E-state index contributed by atoms with van der Waals surface area (Å²) in [4.78, 5) is 12.4. The van der Waals surface area contributed by atoms with Gasteiger partial charge in [0, 0.05) is 16.1 Å². The third-order valence-electron chi connectivity index (χ3n) is 2.67. The summed E-state index contributed by atoms with van der Waals surface area (Å²) in [5, 5.41) is 0.840. The van der Waals surface area contributed by atoms with Crippen molar-refractivity contribution in [3.8, 4) is 5.75 Å². The molecule has 104 valence electrons. The van der Waals surface area contributed by atoms with Crippen LogP contribution in [0.15, 0.2) is 40.9 Å². The molecule has 0 saturated heterocycles. The molecule has 0 amide bonds. The van der Waals surface area contributed by atoms with Crippen LogP contribution in [0.1, 0.15) is 22.8 Å². The van der Waals surface area contributed by atoms with E-state index in [0.29, 0.717) is 33.5 Å². The zero-order valence-corrected chi connectivity index (χ0v) is 13.7. The topological polar surface area (TPSA) is 26.3 Å². The molecule has 0 unspecified atom stereocenters. The third kappa shape index (κ3) is 3.35. The molecule has 0 aromatic heterocycles. The molecule has 0 bridgehead atoms. The molecular weight excluding hydrogens is 363 g/mol. The van der Waals surface area contributed by atoms with Crippen molar-refractivity contribution < 1.29 is 9.53 Å². The number of hydrogen-bond acceptors (Lipinski definition) is 2. The highest BCUT2D eigenvalue weighted by Crippen LogP contribution is 2.29. The first-order chi connectivity index (χ1) is 9.52. The van der Waals surface area contributed by atoms with Crippen molar-refractivity contribution in [3.63, 3.8) is 0 Å². The highest BCUT2D eigenvalue weighted by atomic mass is 79.9. The molecule has 0 atom stereocenters. The Morgan fingerprint density at radius 1 is 1.20 bits per heavy atom. The van der Waals surface area contributed by atoms with Gasteiger partial charge in [-0.05, 0) is 59.3 Å². The van der Waals surface area contributed by atoms with Gasteiger partial charge in [0.1, 0.15) is 5.75 Å². The van der Waals surface area contributed by atoms with E-state index in [4.69, 9.17) is 27.9 Å². The molecule has 0 aliphatic carbocycles. The molecule has 20 heavy (non-hydrogen) atoms. The van der Waals surface area contributed by atoms with Crippen molar-refractivity contribution in [2.24, 2.45) is 0 Å². The Balaban J connectivity index is 2.36. The van der Waals surface area contributed by atoms with Gasteiger partial charge in [0.15, 0.2) is 5.78 Å². The van der Waals surface area contributed by atoms with Crippen molar-refractivity contribution in [3.05, 3.63) is 62.0 Å². The molecule has 0 heterocycles. The summed E-state index contributed by atoms with van der Waals surface area (Å²) in [5.41, 5.74) is 0.955. The fraction of sp³-hybridized carbons (Fsp3) is 0.133. The predicted octanol–water partition coefficient (Wildman–Crippen LogP) is 5.39. The average Bonchev–Trinajstić information content (AvgIpc) is 2.40. The predicted molar refractivity (Wildman–Crippen MR) is 85.2 cm³/mol. The standard InChI is InChI=1S/C15H11BrCl2O2/c1-2-20-14-6-3-9(7-12(14)16)15(19)11-5-4-10(17)8-13(11)18/h3-8H,2H2,1H3. The Bertz CT molecular complexity index is 656. The first-order valence-electron chi connectivity index (χ1n) is 5.95. The van der Waals surface area contributed by atoms with Crippen molar-refractivity contribution in [1.29, 1.82) is 0 Å². The smallest absolute Gasteiger partial charge is 0.194 e. The van der Waals surface area contributed by atoms with E-state index in [1.165, 1.54) is 0 Å². The molecule has 0 N–H and O–H groups in total. The zero-order chi connectivity index (χ0) is 14.7. The number of hydrogen-bond donors (Lipinski definition) is 0. The van der Waals surface area contributed by atoms with Crippen LogP contribution in [-0.2, 0) is 0 Å². The van der Waals surface area contributed by atoms with Crippen molar-refractivity contribution in [2.45, 2.75) is 6.92 Å². The van der Waals surface area contributed by atoms with E-state index < -0.39 is 0 Å². The van der Waals surface area contributed by atoms with E-state index in [0.717, 1.165) is 4.47 Å². The highest BCUT2D eigenvalue weighted by Gasteiger charge is 2.14. The fourth-order valence-electron chi connectivity index (χ4n) is 1.74. The maximum absolute atomic E-state index is 12.4. The maximum Gasteiger partial charge on any atom is 0.194 e. The lowest BCUT2D eigenvalue weighted by atomic mass is 10.0. The van der Waals surface area contributed by atoms with E-state index in [1.54, 1.807) is 36.4 Å². The minimum absolute atomic E-state index is 0.157. The van der Waals surface area contributed by atoms with Gasteiger partial charge in [-0.25, -0.2) is 0 Å². The van der Waals surface area contributed by atoms with Gasteiger partial charge in [0.2, 0.25) is 0 Å². The highest BCUT2D eigenvalue weighted by molar-refractivity contribution is 9.10. The molecule has 0 aliphatic rings. The fourth-order valence-corrected chi connectivity index (χ4v) is 2.73. The quantitative estimate of drug-likeness (QED) is 0.672. The summed E-state index contributed by atoms with van der Waals surface area (Å²) in [6.07, 6.45) is 0. The number of ether oxygens (including phenoxy) is 1. The molecule has 0 fully saturated rings. The minimum atomic E-state index is -0.157. The molecule has 2 aromatic rings. The van der Waals surface area contributed by atoms with Crippen LogP contribution in [-0.4, -0.2) is 12.4 Å². The number of carbonyl (C=O) groups is 1. The van der Waals surface area contributed by atoms with Crippen LogP contribution in [0.2, 0.25) is 10.0 Å². The van der Waals surface area contributed by atoms with Crippen LogP contribution in [0.4, 0.5) is 0 Å². The van der Waals surface area contributed by atoms with Crippen LogP contribution >= 0.6 is 39.1 Å². The van der Waals surface area contributed by atoms with Gasteiger partial charge >= 0.3 is 0 Å². The van der Waals surface area contributed by atoms with E-state index in [2.05, 4.69) is 15.9 Å². The summed E-state index contributed by atoms with van der Waals surface area (Å²) >= 11 is 15.3. The monoisotopic (exact) mass is 372 g/mol. The second-order valence-corrected chi connectivity index (χ2v) is 5.73. The minimum Gasteiger partial charge on any atom is -0.493 e. The Morgan fingerprint density at radius 3 is 2.55 bits per heavy atom. The molecule has 0 saturated carbocycles. The molecule has 0 radical (unpaired) electrons. The SMILES string of the molecule is CCOc1ccc(C(=O)c2ccc(Cl)cc2Cl)cc1Br. The first-order valence-corrected chi connectivity index (χ1v) is 7.50. The molecular formula is C15H11BrCl2O2. The van der Waals surface area contributed by atoms with Crippen LogP contribution in [0.3, 0.4) is 0 Å². The van der Waals surface area contributed by atoms with Crippen molar-refractivity contribution >= 4 is 44.9 Å². The van der Waals surface area contributed by atoms with Crippen molar-refractivity contribution in [1.82, 2.24) is 0 Å². The normalized spacial score (nSPS) is 10.4. The van der Waals surface area contributed by atoms with Crippen LogP contribution in [0.25, 0.3) is 0 Å². The largest absolute Gasteiger partial charge is 0.493 e. The summed E-state index contributed by atoms with van der Waals surface area (Å²) in [7, 11) is 0. The van der Waals surface area contributed by atoms with Crippen LogP contribution in [0.5, 0.6) is 5.75 Å². The van der Waals surface area contributed by atoms with Gasteiger partial charge in [0.25, 0.3) is 0 Å². The third-order valence-corrected chi connectivity index (χ3v) is 3.84. The summed E-state index contributed by atoms with van der Waals surface area (Å²) < 4.78 is 6.15. The lowest BCUT2D eigenvalue weighted by Gasteiger charge is -2.08. The van der Waals surface area contributed by atoms with E-state index in [-0.39, 0.29) is 5.78 Å². The zero-order valence-electron chi connectivity index (χ0n) is 10.6. The maximum atomic E-state index is 12.4. The van der Waals surface area contributed by atoms with Gasteiger partial charge in [-0.3, -0.25) is 4.79 Å². The van der Waals surface area contributed by atoms with Crippen LogP contribution < -0.4 is 4.74 Å². The second kappa shape index (κ2) is 6.61. The van der Waals surface area contributed by atoms with Gasteiger partial charge in [-0.2, -0.15) is 0 Å². The molecule has 2 nitrogen and oxygen atoms in total. The number of carbonyl (C=O) groups excluding carboxylic acids is 1. The van der Waals surface area contributed by atoms with Gasteiger partial charge in [0.05, 0.1) is 16.1 Å². The Kier molecular flexibility index (Phi) is 5.08. The molecule has 5 heteroatoms. The van der Waals surface area contributed by atoms with Crippen molar-refractivity contribution in [2.75, 3.05) is 6.61 Å². The number of rotatable bonds is 4. The van der Waals surface area contributed by atoms with Crippen LogP contribution in [0, 0.1) is 0 Å². The summed E-state index contributed by atoms with van der Waals surface area (Å²) in [6.45, 7) is 2.47.